The molecule has 0 aliphatic carbocycles. The van der Waals surface area contributed by atoms with Gasteiger partial charge < -0.3 is 10.6 Å². The van der Waals surface area contributed by atoms with E-state index in [0.29, 0.717) is 0 Å². The highest BCUT2D eigenvalue weighted by atomic mass is 15.1. The zero-order chi connectivity index (χ0) is 11.5. The van der Waals surface area contributed by atoms with Crippen LogP contribution in [0.15, 0.2) is 24.3 Å². The van der Waals surface area contributed by atoms with E-state index in [1.165, 1.54) is 11.3 Å². The van der Waals surface area contributed by atoms with Crippen molar-refractivity contribution in [3.05, 3.63) is 29.8 Å². The Morgan fingerprint density at radius 3 is 2.13 bits per heavy atom. The number of anilines is 1. The van der Waals surface area contributed by atoms with Crippen molar-refractivity contribution < 1.29 is 0 Å². The predicted molar refractivity (Wildman–Crippen MR) is 67.2 cm³/mol. The van der Waals surface area contributed by atoms with Crippen LogP contribution in [0.4, 0.5) is 5.69 Å². The second-order valence-electron chi connectivity index (χ2n) is 4.41. The highest BCUT2D eigenvalue weighted by Crippen LogP contribution is 2.28. The Morgan fingerprint density at radius 2 is 1.67 bits per heavy atom. The van der Waals surface area contributed by atoms with Crippen molar-refractivity contribution in [2.75, 3.05) is 18.0 Å². The second kappa shape index (κ2) is 4.67. The maximum Gasteiger partial charge on any atom is 0.0417 e. The summed E-state index contributed by atoms with van der Waals surface area (Å²) in [6.07, 6.45) is 0. The van der Waals surface area contributed by atoms with E-state index in [1.54, 1.807) is 0 Å². The molecule has 0 aromatic heterocycles. The minimum Gasteiger partial charge on any atom is -0.372 e. The molecule has 0 fully saturated rings. The van der Waals surface area contributed by atoms with Crippen molar-refractivity contribution in [2.45, 2.75) is 33.2 Å². The number of hydrogen-bond acceptors (Lipinski definition) is 2. The highest BCUT2D eigenvalue weighted by Gasteiger charge is 2.19. The average Bonchev–Trinajstić information content (AvgIpc) is 2.19. The molecule has 0 saturated carbocycles. The van der Waals surface area contributed by atoms with Crippen molar-refractivity contribution in [1.29, 1.82) is 0 Å². The predicted octanol–water partition coefficient (Wildman–Crippen LogP) is 2.73. The van der Waals surface area contributed by atoms with Crippen molar-refractivity contribution >= 4 is 5.69 Å². The molecule has 0 radical (unpaired) electrons. The number of hydrogen-bond donors (Lipinski definition) is 1. The monoisotopic (exact) mass is 206 g/mol. The van der Waals surface area contributed by atoms with Crippen molar-refractivity contribution in [3.8, 4) is 0 Å². The van der Waals surface area contributed by atoms with E-state index in [-0.39, 0.29) is 5.54 Å². The smallest absolute Gasteiger partial charge is 0.0417 e. The van der Waals surface area contributed by atoms with Crippen molar-refractivity contribution in [3.63, 3.8) is 0 Å². The van der Waals surface area contributed by atoms with Gasteiger partial charge in [0, 0.05) is 24.3 Å². The van der Waals surface area contributed by atoms with Crippen LogP contribution in [0.1, 0.15) is 33.3 Å². The number of para-hydroxylation sites is 1. The molecule has 0 aliphatic rings. The third-order valence-electron chi connectivity index (χ3n) is 2.70. The lowest BCUT2D eigenvalue weighted by atomic mass is 9.93. The molecule has 15 heavy (non-hydrogen) atoms. The van der Waals surface area contributed by atoms with Gasteiger partial charge in [-0.15, -0.1) is 0 Å². The third kappa shape index (κ3) is 2.72. The summed E-state index contributed by atoms with van der Waals surface area (Å²) < 4.78 is 0. The van der Waals surface area contributed by atoms with Gasteiger partial charge in [-0.05, 0) is 39.3 Å². The first-order valence-electron chi connectivity index (χ1n) is 5.64. The highest BCUT2D eigenvalue weighted by molar-refractivity contribution is 5.56. The first kappa shape index (κ1) is 12.1. The number of rotatable bonds is 4. The van der Waals surface area contributed by atoms with Crippen LogP contribution >= 0.6 is 0 Å². The van der Waals surface area contributed by atoms with Crippen LogP contribution in [0.25, 0.3) is 0 Å². The Bertz CT molecular complexity index is 309. The number of benzene rings is 1. The lowest BCUT2D eigenvalue weighted by Crippen LogP contribution is -2.33. The summed E-state index contributed by atoms with van der Waals surface area (Å²) in [5.41, 5.74) is 8.38. The van der Waals surface area contributed by atoms with E-state index in [9.17, 15) is 0 Å². The average molecular weight is 206 g/mol. The minimum absolute atomic E-state index is 0.279. The van der Waals surface area contributed by atoms with Crippen LogP contribution in [0.3, 0.4) is 0 Å². The number of nitrogens with zero attached hydrogens (tertiary/aromatic N) is 1. The third-order valence-corrected chi connectivity index (χ3v) is 2.70. The Balaban J connectivity index is 3.17. The van der Waals surface area contributed by atoms with E-state index < -0.39 is 0 Å². The molecule has 0 spiro atoms. The van der Waals surface area contributed by atoms with Crippen LogP contribution in [-0.2, 0) is 5.54 Å². The molecular formula is C13H22N2. The Morgan fingerprint density at radius 1 is 1.13 bits per heavy atom. The van der Waals surface area contributed by atoms with Crippen LogP contribution in [-0.4, -0.2) is 13.1 Å². The van der Waals surface area contributed by atoms with Gasteiger partial charge in [-0.25, -0.2) is 0 Å². The summed E-state index contributed by atoms with van der Waals surface area (Å²) in [6.45, 7) is 10.5. The van der Waals surface area contributed by atoms with Gasteiger partial charge >= 0.3 is 0 Å². The summed E-state index contributed by atoms with van der Waals surface area (Å²) in [4.78, 5) is 2.34. The number of nitrogens with two attached hydrogens (primary N) is 1. The van der Waals surface area contributed by atoms with E-state index in [2.05, 4.69) is 56.9 Å². The fourth-order valence-corrected chi connectivity index (χ4v) is 1.86. The summed E-state index contributed by atoms with van der Waals surface area (Å²) in [6, 6.07) is 8.39. The molecule has 0 amide bonds. The van der Waals surface area contributed by atoms with Crippen LogP contribution in [0.2, 0.25) is 0 Å². The summed E-state index contributed by atoms with van der Waals surface area (Å²) in [7, 11) is 0. The molecule has 0 unspecified atom stereocenters. The molecule has 1 aromatic rings. The molecule has 1 aromatic carbocycles. The van der Waals surface area contributed by atoms with Gasteiger partial charge in [0.25, 0.3) is 0 Å². The first-order valence-corrected chi connectivity index (χ1v) is 5.64. The summed E-state index contributed by atoms with van der Waals surface area (Å²) >= 11 is 0. The molecule has 0 aliphatic heterocycles. The second-order valence-corrected chi connectivity index (χ2v) is 4.41. The van der Waals surface area contributed by atoms with E-state index in [4.69, 9.17) is 5.73 Å². The van der Waals surface area contributed by atoms with E-state index in [0.717, 1.165) is 13.1 Å². The Kier molecular flexibility index (Phi) is 3.75. The molecule has 84 valence electrons. The molecule has 0 heterocycles. The van der Waals surface area contributed by atoms with Gasteiger partial charge in [0.2, 0.25) is 0 Å². The van der Waals surface area contributed by atoms with Crippen LogP contribution in [0, 0.1) is 0 Å². The normalized spacial score (nSPS) is 11.5. The fraction of sp³-hybridized carbons (Fsp3) is 0.538. The first-order chi connectivity index (χ1) is 7.00. The zero-order valence-corrected chi connectivity index (χ0v) is 10.2. The van der Waals surface area contributed by atoms with Crippen molar-refractivity contribution in [2.24, 2.45) is 5.73 Å². The SMILES string of the molecule is CCN(CC)c1ccccc1C(C)(C)N. The lowest BCUT2D eigenvalue weighted by Gasteiger charge is -2.29. The maximum absolute atomic E-state index is 6.18. The summed E-state index contributed by atoms with van der Waals surface area (Å²) in [5, 5.41) is 0. The zero-order valence-electron chi connectivity index (χ0n) is 10.2. The largest absolute Gasteiger partial charge is 0.372 e. The van der Waals surface area contributed by atoms with Crippen molar-refractivity contribution in [1.82, 2.24) is 0 Å². The van der Waals surface area contributed by atoms with Gasteiger partial charge in [0.15, 0.2) is 0 Å². The van der Waals surface area contributed by atoms with Gasteiger partial charge in [0.1, 0.15) is 0 Å². The maximum atomic E-state index is 6.18. The topological polar surface area (TPSA) is 29.3 Å². The van der Waals surface area contributed by atoms with Gasteiger partial charge in [-0.1, -0.05) is 18.2 Å². The van der Waals surface area contributed by atoms with Gasteiger partial charge in [-0.2, -0.15) is 0 Å². The quantitative estimate of drug-likeness (QED) is 0.820. The molecule has 0 bridgehead atoms. The molecular weight excluding hydrogens is 184 g/mol. The summed E-state index contributed by atoms with van der Waals surface area (Å²) in [5.74, 6) is 0. The van der Waals surface area contributed by atoms with Crippen LogP contribution < -0.4 is 10.6 Å². The van der Waals surface area contributed by atoms with Crippen LogP contribution in [0.5, 0.6) is 0 Å². The molecule has 2 nitrogen and oxygen atoms in total. The lowest BCUT2D eigenvalue weighted by molar-refractivity contribution is 0.552. The van der Waals surface area contributed by atoms with Gasteiger partial charge in [0.05, 0.1) is 0 Å². The molecule has 0 saturated heterocycles. The van der Waals surface area contributed by atoms with E-state index >= 15 is 0 Å². The van der Waals surface area contributed by atoms with Gasteiger partial charge in [-0.3, -0.25) is 0 Å². The molecule has 0 atom stereocenters. The Labute approximate surface area is 93.1 Å². The minimum atomic E-state index is -0.279. The standard InChI is InChI=1S/C13H22N2/c1-5-15(6-2)12-10-8-7-9-11(12)13(3,4)14/h7-10H,5-6,14H2,1-4H3. The molecule has 2 N–H and O–H groups in total. The molecule has 1 rings (SSSR count). The Hall–Kier alpha value is -1.02. The van der Waals surface area contributed by atoms with E-state index in [1.807, 2.05) is 0 Å². The fourth-order valence-electron chi connectivity index (χ4n) is 1.86. The molecule has 2 heteroatoms.